The van der Waals surface area contributed by atoms with Crippen molar-refractivity contribution in [1.82, 2.24) is 10.5 Å². The SMILES string of the molecule is N#Cc1ccc(C=NNN2CCOCC2)cc1. The molecule has 1 aliphatic rings. The van der Waals surface area contributed by atoms with Crippen LogP contribution in [0, 0.1) is 11.3 Å². The van der Waals surface area contributed by atoms with Crippen molar-refractivity contribution in [1.29, 1.82) is 5.26 Å². The minimum Gasteiger partial charge on any atom is -0.379 e. The van der Waals surface area contributed by atoms with Crippen LogP contribution in [-0.2, 0) is 4.74 Å². The van der Waals surface area contributed by atoms with E-state index in [0.29, 0.717) is 5.56 Å². The Hall–Kier alpha value is -1.90. The summed E-state index contributed by atoms with van der Waals surface area (Å²) in [5, 5.41) is 14.8. The highest BCUT2D eigenvalue weighted by Gasteiger charge is 2.07. The molecule has 17 heavy (non-hydrogen) atoms. The lowest BCUT2D eigenvalue weighted by Crippen LogP contribution is -2.43. The molecule has 0 radical (unpaired) electrons. The van der Waals surface area contributed by atoms with Crippen LogP contribution in [0.15, 0.2) is 29.4 Å². The van der Waals surface area contributed by atoms with Gasteiger partial charge in [0.25, 0.3) is 0 Å². The summed E-state index contributed by atoms with van der Waals surface area (Å²) in [5.74, 6) is 0. The van der Waals surface area contributed by atoms with Crippen LogP contribution in [0.3, 0.4) is 0 Å². The van der Waals surface area contributed by atoms with Gasteiger partial charge in [0.15, 0.2) is 0 Å². The van der Waals surface area contributed by atoms with Gasteiger partial charge in [0.2, 0.25) is 0 Å². The van der Waals surface area contributed by atoms with E-state index < -0.39 is 0 Å². The first-order chi connectivity index (χ1) is 8.38. The van der Waals surface area contributed by atoms with E-state index in [9.17, 15) is 0 Å². The molecular weight excluding hydrogens is 216 g/mol. The molecule has 0 aromatic heterocycles. The summed E-state index contributed by atoms with van der Waals surface area (Å²) >= 11 is 0. The third-order valence-electron chi connectivity index (χ3n) is 2.46. The van der Waals surface area contributed by atoms with Crippen LogP contribution >= 0.6 is 0 Å². The fourth-order valence-electron chi connectivity index (χ4n) is 1.49. The van der Waals surface area contributed by atoms with E-state index >= 15 is 0 Å². The van der Waals surface area contributed by atoms with Crippen molar-refractivity contribution in [2.45, 2.75) is 0 Å². The van der Waals surface area contributed by atoms with Gasteiger partial charge in [0, 0.05) is 13.1 Å². The molecule has 1 aromatic rings. The Morgan fingerprint density at radius 1 is 1.29 bits per heavy atom. The number of morpholine rings is 1. The molecule has 0 atom stereocenters. The first-order valence-electron chi connectivity index (χ1n) is 5.50. The number of rotatable bonds is 3. The lowest BCUT2D eigenvalue weighted by Gasteiger charge is -2.25. The van der Waals surface area contributed by atoms with Crippen LogP contribution in [0.5, 0.6) is 0 Å². The lowest BCUT2D eigenvalue weighted by atomic mass is 10.2. The van der Waals surface area contributed by atoms with Crippen LogP contribution in [0.2, 0.25) is 0 Å². The van der Waals surface area contributed by atoms with E-state index in [-0.39, 0.29) is 0 Å². The summed E-state index contributed by atoms with van der Waals surface area (Å²) in [6.07, 6.45) is 1.73. The molecule has 5 nitrogen and oxygen atoms in total. The van der Waals surface area contributed by atoms with Gasteiger partial charge in [-0.1, -0.05) is 12.1 Å². The number of hydrazine groups is 1. The monoisotopic (exact) mass is 230 g/mol. The highest BCUT2D eigenvalue weighted by atomic mass is 16.5. The van der Waals surface area contributed by atoms with Gasteiger partial charge in [-0.3, -0.25) is 0 Å². The van der Waals surface area contributed by atoms with E-state index in [0.717, 1.165) is 31.9 Å². The molecule has 1 saturated heterocycles. The smallest absolute Gasteiger partial charge is 0.0991 e. The number of nitrogens with zero attached hydrogens (tertiary/aromatic N) is 3. The van der Waals surface area contributed by atoms with Crippen molar-refractivity contribution in [2.75, 3.05) is 26.3 Å². The zero-order valence-electron chi connectivity index (χ0n) is 9.47. The predicted octanol–water partition coefficient (Wildman–Crippen LogP) is 0.729. The van der Waals surface area contributed by atoms with E-state index in [2.05, 4.69) is 16.7 Å². The van der Waals surface area contributed by atoms with Gasteiger partial charge < -0.3 is 4.74 Å². The van der Waals surface area contributed by atoms with Crippen molar-refractivity contribution in [3.05, 3.63) is 35.4 Å². The number of nitrogens with one attached hydrogen (secondary N) is 1. The Kier molecular flexibility index (Phi) is 4.08. The zero-order chi connectivity index (χ0) is 11.9. The van der Waals surface area contributed by atoms with E-state index in [1.807, 2.05) is 17.1 Å². The third kappa shape index (κ3) is 3.55. The summed E-state index contributed by atoms with van der Waals surface area (Å²) in [4.78, 5) is 0. The fourth-order valence-corrected chi connectivity index (χ4v) is 1.49. The molecule has 1 heterocycles. The molecule has 1 aromatic carbocycles. The Labute approximate surface area is 100 Å². The molecule has 0 bridgehead atoms. The Morgan fingerprint density at radius 3 is 2.65 bits per heavy atom. The first-order valence-corrected chi connectivity index (χ1v) is 5.50. The quantitative estimate of drug-likeness (QED) is 0.614. The van der Waals surface area contributed by atoms with Gasteiger partial charge in [-0.05, 0) is 17.7 Å². The Bertz CT molecular complexity index is 415. The van der Waals surface area contributed by atoms with Crippen LogP contribution in [0.4, 0.5) is 0 Å². The maximum Gasteiger partial charge on any atom is 0.0991 e. The van der Waals surface area contributed by atoms with Gasteiger partial charge in [0.1, 0.15) is 0 Å². The minimum absolute atomic E-state index is 0.656. The standard InChI is InChI=1S/C12H14N4O/c13-9-11-1-3-12(4-2-11)10-14-15-16-5-7-17-8-6-16/h1-4,10,15H,5-8H2. The predicted molar refractivity (Wildman–Crippen MR) is 64.3 cm³/mol. The Morgan fingerprint density at radius 2 is 2.00 bits per heavy atom. The lowest BCUT2D eigenvalue weighted by molar-refractivity contribution is 0.0128. The van der Waals surface area contributed by atoms with Crippen molar-refractivity contribution in [2.24, 2.45) is 5.10 Å². The number of ether oxygens (including phenoxy) is 1. The van der Waals surface area contributed by atoms with Crippen LogP contribution in [0.25, 0.3) is 0 Å². The zero-order valence-corrected chi connectivity index (χ0v) is 9.47. The largest absolute Gasteiger partial charge is 0.379 e. The van der Waals surface area contributed by atoms with E-state index in [1.165, 1.54) is 0 Å². The van der Waals surface area contributed by atoms with Gasteiger partial charge in [-0.15, -0.1) is 0 Å². The second kappa shape index (κ2) is 5.99. The molecule has 0 amide bonds. The average molecular weight is 230 g/mol. The number of hydrogen-bond donors (Lipinski definition) is 1. The third-order valence-corrected chi connectivity index (χ3v) is 2.46. The van der Waals surface area contributed by atoms with Crippen molar-refractivity contribution >= 4 is 6.21 Å². The summed E-state index contributed by atoms with van der Waals surface area (Å²) in [6, 6.07) is 9.36. The second-order valence-electron chi connectivity index (χ2n) is 3.69. The van der Waals surface area contributed by atoms with Crippen LogP contribution in [-0.4, -0.2) is 37.5 Å². The summed E-state index contributed by atoms with van der Waals surface area (Å²) < 4.78 is 5.23. The fraction of sp³-hybridized carbons (Fsp3) is 0.333. The molecule has 1 N–H and O–H groups in total. The summed E-state index contributed by atoms with van der Waals surface area (Å²) in [5.41, 5.74) is 4.57. The maximum atomic E-state index is 8.66. The molecule has 1 aliphatic heterocycles. The molecule has 0 spiro atoms. The van der Waals surface area contributed by atoms with Crippen molar-refractivity contribution in [3.8, 4) is 6.07 Å². The van der Waals surface area contributed by atoms with Crippen molar-refractivity contribution in [3.63, 3.8) is 0 Å². The van der Waals surface area contributed by atoms with Crippen LogP contribution < -0.4 is 5.53 Å². The summed E-state index contributed by atoms with van der Waals surface area (Å²) in [7, 11) is 0. The van der Waals surface area contributed by atoms with Crippen LogP contribution in [0.1, 0.15) is 11.1 Å². The topological polar surface area (TPSA) is 60.7 Å². The highest BCUT2D eigenvalue weighted by molar-refractivity contribution is 5.79. The summed E-state index contributed by atoms with van der Waals surface area (Å²) in [6.45, 7) is 3.15. The number of hydrogen-bond acceptors (Lipinski definition) is 5. The molecule has 2 rings (SSSR count). The Balaban J connectivity index is 1.84. The number of hydrazone groups is 1. The van der Waals surface area contributed by atoms with Crippen molar-refractivity contribution < 1.29 is 4.74 Å². The molecule has 0 saturated carbocycles. The van der Waals surface area contributed by atoms with E-state index in [1.54, 1.807) is 18.3 Å². The van der Waals surface area contributed by atoms with E-state index in [4.69, 9.17) is 10.00 Å². The first kappa shape index (κ1) is 11.6. The molecule has 1 fully saturated rings. The minimum atomic E-state index is 0.656. The molecule has 88 valence electrons. The molecule has 0 unspecified atom stereocenters. The van der Waals surface area contributed by atoms with Gasteiger partial charge in [0.05, 0.1) is 31.1 Å². The average Bonchev–Trinajstić information content (AvgIpc) is 2.41. The van der Waals surface area contributed by atoms with Gasteiger partial charge in [-0.2, -0.15) is 10.4 Å². The van der Waals surface area contributed by atoms with Gasteiger partial charge in [-0.25, -0.2) is 10.5 Å². The van der Waals surface area contributed by atoms with Gasteiger partial charge >= 0.3 is 0 Å². The highest BCUT2D eigenvalue weighted by Crippen LogP contribution is 2.00. The maximum absolute atomic E-state index is 8.66. The molecule has 0 aliphatic carbocycles. The normalized spacial score (nSPS) is 16.9. The number of nitriles is 1. The molecule has 5 heteroatoms. The number of benzene rings is 1. The second-order valence-corrected chi connectivity index (χ2v) is 3.69. The molecular formula is C12H14N4O.